The van der Waals surface area contributed by atoms with Gasteiger partial charge in [-0.05, 0) is 24.8 Å². The molecular weight excluding hydrogens is 382 g/mol. The van der Waals surface area contributed by atoms with Gasteiger partial charge in [0.2, 0.25) is 0 Å². The minimum absolute atomic E-state index is 0.182. The molecule has 0 spiro atoms. The Balaban J connectivity index is 2.24. The number of methoxy groups -OCH3 is 2. The Bertz CT molecular complexity index is 667. The van der Waals surface area contributed by atoms with Crippen LogP contribution in [0.2, 0.25) is 0 Å². The Morgan fingerprint density at radius 1 is 0.966 bits per heavy atom. The van der Waals surface area contributed by atoms with Gasteiger partial charge in [0.25, 0.3) is 0 Å². The number of amides is 3. The second-order valence-electron chi connectivity index (χ2n) is 5.96. The van der Waals surface area contributed by atoms with Gasteiger partial charge in [-0.15, -0.1) is 0 Å². The van der Waals surface area contributed by atoms with Crippen molar-refractivity contribution < 1.29 is 33.4 Å². The number of rotatable bonds is 11. The number of hydrogen-bond acceptors (Lipinski definition) is 7. The average molecular weight is 409 g/mol. The molecule has 0 aromatic heterocycles. The van der Waals surface area contributed by atoms with Crippen molar-refractivity contribution in [3.8, 4) is 0 Å². The van der Waals surface area contributed by atoms with Crippen molar-refractivity contribution in [1.29, 1.82) is 0 Å². The molecule has 0 radical (unpaired) electrons. The second-order valence-corrected chi connectivity index (χ2v) is 5.96. The van der Waals surface area contributed by atoms with Crippen molar-refractivity contribution in [1.82, 2.24) is 16.0 Å². The van der Waals surface area contributed by atoms with Gasteiger partial charge in [0.1, 0.15) is 19.2 Å². The fraction of sp³-hybridized carbons (Fsp3) is 0.474. The topological polar surface area (TPSA) is 132 Å². The zero-order valence-electron chi connectivity index (χ0n) is 16.6. The summed E-state index contributed by atoms with van der Waals surface area (Å²) in [6.07, 6.45) is 0.882. The molecule has 0 fully saturated rings. The molecule has 29 heavy (non-hydrogen) atoms. The Kier molecular flexibility index (Phi) is 11.3. The van der Waals surface area contributed by atoms with Crippen molar-refractivity contribution >= 4 is 24.1 Å². The molecule has 0 aliphatic rings. The molecule has 0 aliphatic heterocycles. The second kappa shape index (κ2) is 13.8. The highest BCUT2D eigenvalue weighted by Crippen LogP contribution is 2.04. The summed E-state index contributed by atoms with van der Waals surface area (Å²) in [6, 6.07) is 7.75. The molecular formula is C19H27N3O7. The zero-order chi connectivity index (χ0) is 21.5. The van der Waals surface area contributed by atoms with E-state index in [0.29, 0.717) is 25.8 Å². The minimum atomic E-state index is -0.873. The predicted octanol–water partition coefficient (Wildman–Crippen LogP) is 1.10. The Labute approximate surface area is 169 Å². The van der Waals surface area contributed by atoms with E-state index in [1.807, 2.05) is 30.3 Å². The van der Waals surface area contributed by atoms with E-state index in [-0.39, 0.29) is 13.2 Å². The minimum Gasteiger partial charge on any atom is -0.468 e. The molecule has 10 nitrogen and oxygen atoms in total. The largest absolute Gasteiger partial charge is 0.468 e. The summed E-state index contributed by atoms with van der Waals surface area (Å²) in [5, 5.41) is 7.34. The van der Waals surface area contributed by atoms with Gasteiger partial charge in [0.15, 0.2) is 0 Å². The first kappa shape index (κ1) is 23.7. The van der Waals surface area contributed by atoms with Crippen molar-refractivity contribution in [3.63, 3.8) is 0 Å². The maximum atomic E-state index is 11.8. The Morgan fingerprint density at radius 3 is 2.34 bits per heavy atom. The molecule has 10 heteroatoms. The van der Waals surface area contributed by atoms with Crippen molar-refractivity contribution in [2.45, 2.75) is 31.9 Å². The van der Waals surface area contributed by atoms with Crippen LogP contribution in [0.4, 0.5) is 9.59 Å². The van der Waals surface area contributed by atoms with E-state index in [9.17, 15) is 19.2 Å². The van der Waals surface area contributed by atoms with E-state index in [1.165, 1.54) is 14.2 Å². The van der Waals surface area contributed by atoms with Crippen molar-refractivity contribution in [2.75, 3.05) is 27.3 Å². The maximum Gasteiger partial charge on any atom is 0.407 e. The Morgan fingerprint density at radius 2 is 1.69 bits per heavy atom. The summed E-state index contributed by atoms with van der Waals surface area (Å²) >= 11 is 0. The molecule has 0 aliphatic carbocycles. The van der Waals surface area contributed by atoms with E-state index in [1.54, 1.807) is 0 Å². The van der Waals surface area contributed by atoms with Gasteiger partial charge in [-0.25, -0.2) is 14.4 Å². The highest BCUT2D eigenvalue weighted by Gasteiger charge is 2.21. The summed E-state index contributed by atoms with van der Waals surface area (Å²) in [6.45, 7) is 0.225. The van der Waals surface area contributed by atoms with Crippen LogP contribution < -0.4 is 16.0 Å². The van der Waals surface area contributed by atoms with Gasteiger partial charge in [0.05, 0.1) is 14.2 Å². The van der Waals surface area contributed by atoms with E-state index < -0.39 is 30.1 Å². The predicted molar refractivity (Wildman–Crippen MR) is 103 cm³/mol. The zero-order valence-corrected chi connectivity index (χ0v) is 16.6. The van der Waals surface area contributed by atoms with Crippen LogP contribution in [0, 0.1) is 0 Å². The third kappa shape index (κ3) is 10.6. The standard InChI is InChI=1S/C19H27N3O7/c1-27-16(23)12-21-18(25)22-15(17(24)28-2)10-6-7-11-20-19(26)29-13-14-8-4-3-5-9-14/h3-5,8-9,15H,6-7,10-13H2,1-2H3,(H,20,26)(H2,21,22,25)/t15-/m0/s1. The lowest BCUT2D eigenvalue weighted by Crippen LogP contribution is -2.47. The first-order valence-corrected chi connectivity index (χ1v) is 9.09. The monoisotopic (exact) mass is 409 g/mol. The summed E-state index contributed by atoms with van der Waals surface area (Å²) in [7, 11) is 2.42. The molecule has 3 amide bonds. The first-order chi connectivity index (χ1) is 14.0. The normalized spacial score (nSPS) is 11.0. The van der Waals surface area contributed by atoms with Crippen LogP contribution in [0.1, 0.15) is 24.8 Å². The third-order valence-electron chi connectivity index (χ3n) is 3.81. The highest BCUT2D eigenvalue weighted by atomic mass is 16.5. The fourth-order valence-corrected chi connectivity index (χ4v) is 2.26. The molecule has 1 aromatic carbocycles. The van der Waals surface area contributed by atoms with Gasteiger partial charge in [-0.1, -0.05) is 30.3 Å². The molecule has 1 aromatic rings. The van der Waals surface area contributed by atoms with Gasteiger partial charge in [0, 0.05) is 6.54 Å². The lowest BCUT2D eigenvalue weighted by molar-refractivity contribution is -0.143. The summed E-state index contributed by atoms with van der Waals surface area (Å²) < 4.78 is 14.2. The maximum absolute atomic E-state index is 11.8. The average Bonchev–Trinajstić information content (AvgIpc) is 2.75. The summed E-state index contributed by atoms with van der Waals surface area (Å²) in [5.41, 5.74) is 0.889. The molecule has 0 heterocycles. The number of ether oxygens (including phenoxy) is 3. The van der Waals surface area contributed by atoms with E-state index in [4.69, 9.17) is 4.74 Å². The first-order valence-electron chi connectivity index (χ1n) is 9.09. The quantitative estimate of drug-likeness (QED) is 0.283. The van der Waals surface area contributed by atoms with Gasteiger partial charge in [-0.3, -0.25) is 4.79 Å². The number of urea groups is 1. The third-order valence-corrected chi connectivity index (χ3v) is 3.81. The van der Waals surface area contributed by atoms with Crippen LogP contribution in [-0.2, 0) is 30.4 Å². The van der Waals surface area contributed by atoms with Crippen LogP contribution in [-0.4, -0.2) is 57.4 Å². The number of carbonyl (C=O) groups excluding carboxylic acids is 4. The molecule has 0 saturated heterocycles. The van der Waals surface area contributed by atoms with Crippen molar-refractivity contribution in [2.24, 2.45) is 0 Å². The molecule has 0 bridgehead atoms. The number of nitrogens with one attached hydrogen (secondary N) is 3. The van der Waals surface area contributed by atoms with Gasteiger partial charge < -0.3 is 30.2 Å². The smallest absolute Gasteiger partial charge is 0.407 e. The summed E-state index contributed by atoms with van der Waals surface area (Å²) in [5.74, 6) is -1.21. The highest BCUT2D eigenvalue weighted by molar-refractivity contribution is 5.85. The van der Waals surface area contributed by atoms with Crippen LogP contribution in [0.3, 0.4) is 0 Å². The number of hydrogen-bond donors (Lipinski definition) is 3. The number of alkyl carbamates (subject to hydrolysis) is 1. The number of carbonyl (C=O) groups is 4. The fourth-order valence-electron chi connectivity index (χ4n) is 2.26. The van der Waals surface area contributed by atoms with E-state index in [2.05, 4.69) is 25.4 Å². The van der Waals surface area contributed by atoms with Crippen LogP contribution in [0.15, 0.2) is 30.3 Å². The molecule has 0 saturated carbocycles. The van der Waals surface area contributed by atoms with E-state index in [0.717, 1.165) is 5.56 Å². The molecule has 1 rings (SSSR count). The van der Waals surface area contributed by atoms with Crippen molar-refractivity contribution in [3.05, 3.63) is 35.9 Å². The van der Waals surface area contributed by atoms with Crippen LogP contribution >= 0.6 is 0 Å². The van der Waals surface area contributed by atoms with E-state index >= 15 is 0 Å². The molecule has 160 valence electrons. The van der Waals surface area contributed by atoms with Crippen LogP contribution in [0.5, 0.6) is 0 Å². The number of esters is 2. The summed E-state index contributed by atoms with van der Waals surface area (Å²) in [4.78, 5) is 46.2. The molecule has 0 unspecified atom stereocenters. The number of benzene rings is 1. The molecule has 1 atom stereocenters. The van der Waals surface area contributed by atoms with Gasteiger partial charge in [-0.2, -0.15) is 0 Å². The lowest BCUT2D eigenvalue weighted by atomic mass is 10.1. The molecule has 3 N–H and O–H groups in total. The Hall–Kier alpha value is -3.30. The van der Waals surface area contributed by atoms with Crippen LogP contribution in [0.25, 0.3) is 0 Å². The number of unbranched alkanes of at least 4 members (excludes halogenated alkanes) is 1. The SMILES string of the molecule is COC(=O)CNC(=O)N[C@@H](CCCCNC(=O)OCc1ccccc1)C(=O)OC. The van der Waals surface area contributed by atoms with Gasteiger partial charge >= 0.3 is 24.1 Å². The lowest BCUT2D eigenvalue weighted by Gasteiger charge is -2.16.